The van der Waals surface area contributed by atoms with Crippen LogP contribution in [0.25, 0.3) is 0 Å². The number of Topliss-reactive ketones (excluding diaryl/α,β-unsaturated/α-hetero) is 1. The molecule has 1 saturated heterocycles. The molecule has 2 saturated carbocycles. The SMILES string of the molecule is C/C1=C(\C)[C@]2(C)C(C)(C)[C@@]2(C(=O)NS(=O)(=O)C2CC2)CC(=O)[C@@H]2C[C@@H](OC(=O)N3C(C)(C)c4cccc(F)c4C3(C)C)CN2C(=O)[C@@](C)(N)C1. The zero-order valence-electron chi connectivity index (χ0n) is 30.8. The number of ether oxygens (including phenoxy) is 1. The maximum absolute atomic E-state index is 15.2. The van der Waals surface area contributed by atoms with Crippen LogP contribution in [0.3, 0.4) is 0 Å². The van der Waals surface area contributed by atoms with E-state index in [1.807, 2.05) is 48.5 Å². The lowest BCUT2D eigenvalue weighted by Gasteiger charge is -2.40. The summed E-state index contributed by atoms with van der Waals surface area (Å²) in [5, 5.41) is -0.640. The number of amides is 3. The second-order valence-corrected chi connectivity index (χ2v) is 19.3. The highest BCUT2D eigenvalue weighted by Crippen LogP contribution is 2.83. The molecule has 1 aromatic carbocycles. The molecule has 5 atom stereocenters. The van der Waals surface area contributed by atoms with E-state index in [0.717, 1.165) is 11.1 Å². The Morgan fingerprint density at radius 1 is 0.980 bits per heavy atom. The summed E-state index contributed by atoms with van der Waals surface area (Å²) in [6, 6.07) is 3.67. The van der Waals surface area contributed by atoms with Crippen molar-refractivity contribution < 1.29 is 36.7 Å². The molecule has 3 fully saturated rings. The number of carbonyl (C=O) groups excluding carboxylic acids is 4. The van der Waals surface area contributed by atoms with Gasteiger partial charge < -0.3 is 15.4 Å². The molecule has 274 valence electrons. The van der Waals surface area contributed by atoms with Crippen LogP contribution in [0.2, 0.25) is 0 Å². The molecule has 3 heterocycles. The van der Waals surface area contributed by atoms with E-state index >= 15 is 4.39 Å². The Kier molecular flexibility index (Phi) is 7.91. The predicted molar refractivity (Wildman–Crippen MR) is 184 cm³/mol. The number of allylic oxidation sites excluding steroid dienone is 1. The van der Waals surface area contributed by atoms with E-state index in [2.05, 4.69) is 4.72 Å². The fourth-order valence-electron chi connectivity index (χ4n) is 10.2. The minimum Gasteiger partial charge on any atom is -0.444 e. The Balaban J connectivity index is 1.36. The number of halogens is 1. The number of rotatable bonds is 4. The summed E-state index contributed by atoms with van der Waals surface area (Å²) in [4.78, 5) is 60.0. The van der Waals surface area contributed by atoms with Gasteiger partial charge in [0.2, 0.25) is 21.8 Å². The van der Waals surface area contributed by atoms with Gasteiger partial charge in [0, 0.05) is 23.8 Å². The summed E-state index contributed by atoms with van der Waals surface area (Å²) in [5.41, 5.74) is 2.70. The number of sulfonamides is 1. The van der Waals surface area contributed by atoms with Crippen LogP contribution in [0, 0.1) is 22.1 Å². The van der Waals surface area contributed by atoms with Crippen molar-refractivity contribution in [3.8, 4) is 0 Å². The predicted octanol–water partition coefficient (Wildman–Crippen LogP) is 4.78. The van der Waals surface area contributed by atoms with Crippen LogP contribution in [0.1, 0.15) is 112 Å². The molecule has 3 amide bonds. The Morgan fingerprint density at radius 2 is 1.60 bits per heavy atom. The summed E-state index contributed by atoms with van der Waals surface area (Å²) in [5.74, 6) is -2.09. The van der Waals surface area contributed by atoms with Crippen LogP contribution in [0.4, 0.5) is 9.18 Å². The molecule has 0 bridgehead atoms. The normalized spacial score (nSPS) is 35.8. The lowest BCUT2D eigenvalue weighted by Crippen LogP contribution is -2.56. The van der Waals surface area contributed by atoms with Gasteiger partial charge >= 0.3 is 6.09 Å². The molecule has 50 heavy (non-hydrogen) atoms. The lowest BCUT2D eigenvalue weighted by molar-refractivity contribution is -0.142. The zero-order valence-corrected chi connectivity index (χ0v) is 31.6. The minimum absolute atomic E-state index is 0.0387. The molecule has 3 aliphatic heterocycles. The number of benzene rings is 1. The summed E-state index contributed by atoms with van der Waals surface area (Å²) >= 11 is 0. The minimum atomic E-state index is -3.93. The van der Waals surface area contributed by atoms with Crippen LogP contribution in [-0.4, -0.2) is 71.4 Å². The maximum atomic E-state index is 15.2. The number of ketones is 1. The van der Waals surface area contributed by atoms with Gasteiger partial charge in [-0.05, 0) is 84.8 Å². The van der Waals surface area contributed by atoms with Gasteiger partial charge in [-0.2, -0.15) is 0 Å². The number of hydrogen-bond acceptors (Lipinski definition) is 8. The van der Waals surface area contributed by atoms with Crippen molar-refractivity contribution in [1.82, 2.24) is 14.5 Å². The van der Waals surface area contributed by atoms with Crippen molar-refractivity contribution in [2.45, 2.75) is 135 Å². The monoisotopic (exact) mass is 714 g/mol. The summed E-state index contributed by atoms with van der Waals surface area (Å²) in [7, 11) is -3.93. The van der Waals surface area contributed by atoms with Crippen LogP contribution < -0.4 is 10.5 Å². The van der Waals surface area contributed by atoms with E-state index in [0.29, 0.717) is 24.0 Å². The van der Waals surface area contributed by atoms with Gasteiger partial charge in [-0.15, -0.1) is 0 Å². The van der Waals surface area contributed by atoms with Crippen molar-refractivity contribution in [3.05, 3.63) is 46.3 Å². The number of nitrogens with two attached hydrogens (primary N) is 1. The molecule has 3 N–H and O–H groups in total. The number of carbonyl (C=O) groups is 4. The molecule has 0 radical (unpaired) electrons. The van der Waals surface area contributed by atoms with Crippen molar-refractivity contribution >= 4 is 33.7 Å². The standard InChI is InChI=1S/C37H51FN4O7S/c1-20-17-35(9,39)30(45)41-19-22(49-31(46)42-32(3,4)24-12-11-13-25(38)28(24)33(42,5)6)16-26(41)27(43)18-37(34(7,8)36(37,10)21(20)2)29(44)40-50(47,48)23-14-15-23/h11-13,22-23,26H,14-19,39H2,1-10H3,(H,40,44)/b21-20-/t22-,26+,35+,36-,37+/m1/s1. The molecule has 2 aliphatic carbocycles. The number of nitrogens with one attached hydrogen (secondary N) is 1. The third-order valence-electron chi connectivity index (χ3n) is 13.4. The van der Waals surface area contributed by atoms with E-state index in [4.69, 9.17) is 10.5 Å². The highest BCUT2D eigenvalue weighted by atomic mass is 32.2. The van der Waals surface area contributed by atoms with Crippen molar-refractivity contribution in [2.24, 2.45) is 22.0 Å². The van der Waals surface area contributed by atoms with E-state index in [1.165, 1.54) is 15.9 Å². The van der Waals surface area contributed by atoms with E-state index in [9.17, 15) is 27.6 Å². The van der Waals surface area contributed by atoms with Gasteiger partial charge in [-0.25, -0.2) is 17.6 Å². The van der Waals surface area contributed by atoms with Crippen LogP contribution in [0.15, 0.2) is 29.3 Å². The van der Waals surface area contributed by atoms with Crippen LogP contribution in [0.5, 0.6) is 0 Å². The summed E-state index contributed by atoms with van der Waals surface area (Å²) in [6.45, 7) is 18.0. The lowest BCUT2D eigenvalue weighted by atomic mass is 9.80. The summed E-state index contributed by atoms with van der Waals surface area (Å²) < 4.78 is 49.7. The van der Waals surface area contributed by atoms with Gasteiger partial charge in [0.05, 0.1) is 39.9 Å². The van der Waals surface area contributed by atoms with Crippen LogP contribution >= 0.6 is 0 Å². The second kappa shape index (κ2) is 10.8. The first-order chi connectivity index (χ1) is 22.8. The largest absolute Gasteiger partial charge is 0.444 e. The molecule has 11 nitrogen and oxygen atoms in total. The summed E-state index contributed by atoms with van der Waals surface area (Å²) in [6.07, 6.45) is -0.931. The fourth-order valence-corrected chi connectivity index (χ4v) is 11.6. The van der Waals surface area contributed by atoms with Crippen molar-refractivity contribution in [1.29, 1.82) is 0 Å². The van der Waals surface area contributed by atoms with Crippen LogP contribution in [-0.2, 0) is 40.2 Å². The Morgan fingerprint density at radius 3 is 2.18 bits per heavy atom. The average molecular weight is 715 g/mol. The first-order valence-electron chi connectivity index (χ1n) is 17.5. The molecule has 0 unspecified atom stereocenters. The second-order valence-electron chi connectivity index (χ2n) is 17.3. The smallest absolute Gasteiger partial charge is 0.411 e. The Bertz CT molecular complexity index is 1860. The molecule has 13 heteroatoms. The number of hydrogen-bond donors (Lipinski definition) is 2. The highest BCUT2D eigenvalue weighted by Gasteiger charge is 2.84. The molecular formula is C37H51FN4O7S. The molecular weight excluding hydrogens is 663 g/mol. The Hall–Kier alpha value is -3.32. The van der Waals surface area contributed by atoms with Gasteiger partial charge in [-0.3, -0.25) is 24.0 Å². The van der Waals surface area contributed by atoms with Gasteiger partial charge in [0.15, 0.2) is 5.78 Å². The van der Waals surface area contributed by atoms with Gasteiger partial charge in [-0.1, -0.05) is 44.1 Å². The van der Waals surface area contributed by atoms with Crippen molar-refractivity contribution in [3.63, 3.8) is 0 Å². The van der Waals surface area contributed by atoms with E-state index < -0.39 is 89.8 Å². The van der Waals surface area contributed by atoms with Gasteiger partial charge in [0.1, 0.15) is 11.9 Å². The zero-order chi connectivity index (χ0) is 37.4. The number of nitrogens with zero attached hydrogens (tertiary/aromatic N) is 2. The fraction of sp³-hybridized carbons (Fsp3) is 0.676. The molecule has 1 aromatic rings. The van der Waals surface area contributed by atoms with Gasteiger partial charge in [0.25, 0.3) is 0 Å². The maximum Gasteiger partial charge on any atom is 0.411 e. The first kappa shape index (κ1) is 36.5. The highest BCUT2D eigenvalue weighted by molar-refractivity contribution is 7.90. The first-order valence-corrected chi connectivity index (χ1v) is 19.0. The van der Waals surface area contributed by atoms with E-state index in [-0.39, 0.29) is 25.8 Å². The third kappa shape index (κ3) is 4.77. The number of fused-ring (bicyclic) bond motifs is 3. The molecule has 0 spiro atoms. The van der Waals surface area contributed by atoms with Crippen molar-refractivity contribution in [2.75, 3.05) is 6.54 Å². The molecule has 6 rings (SSSR count). The third-order valence-corrected chi connectivity index (χ3v) is 15.2. The van der Waals surface area contributed by atoms with E-state index in [1.54, 1.807) is 32.9 Å². The quantitative estimate of drug-likeness (QED) is 0.423. The molecule has 0 aromatic heterocycles. The average Bonchev–Trinajstić information content (AvgIpc) is 3.83. The topological polar surface area (TPSA) is 156 Å². The molecule has 5 aliphatic rings. The Labute approximate surface area is 294 Å².